The minimum absolute atomic E-state index is 0.834. The van der Waals surface area contributed by atoms with Crippen molar-refractivity contribution in [3.8, 4) is 11.3 Å². The lowest BCUT2D eigenvalue weighted by atomic mass is 10.1. The summed E-state index contributed by atoms with van der Waals surface area (Å²) in [5.74, 6) is 2.76. The third-order valence-electron chi connectivity index (χ3n) is 4.56. The van der Waals surface area contributed by atoms with Crippen LogP contribution in [0.15, 0.2) is 55.1 Å². The van der Waals surface area contributed by atoms with Crippen LogP contribution in [0.2, 0.25) is 0 Å². The molecule has 3 aromatic rings. The highest BCUT2D eigenvalue weighted by Gasteiger charge is 2.20. The molecule has 26 heavy (non-hydrogen) atoms. The van der Waals surface area contributed by atoms with Gasteiger partial charge in [-0.15, -0.1) is 0 Å². The lowest BCUT2D eigenvalue weighted by Crippen LogP contribution is -2.47. The Hall–Kier alpha value is -3.22. The van der Waals surface area contributed by atoms with E-state index in [-0.39, 0.29) is 0 Å². The summed E-state index contributed by atoms with van der Waals surface area (Å²) >= 11 is 0. The van der Waals surface area contributed by atoms with E-state index in [1.165, 1.54) is 0 Å². The van der Waals surface area contributed by atoms with Crippen molar-refractivity contribution in [2.45, 2.75) is 0 Å². The molecular formula is C19H21N7. The number of piperazine rings is 1. The van der Waals surface area contributed by atoms with Gasteiger partial charge in [0.15, 0.2) is 0 Å². The Morgan fingerprint density at radius 2 is 1.38 bits per heavy atom. The summed E-state index contributed by atoms with van der Waals surface area (Å²) < 4.78 is 0. The lowest BCUT2D eigenvalue weighted by Gasteiger charge is -2.36. The number of aromatic nitrogens is 4. The molecule has 132 valence electrons. The monoisotopic (exact) mass is 347 g/mol. The standard InChI is InChI=1S/C19H21N7/c1-20-17-12-19(24-14-22-17)26-9-7-25(8-10-26)18-11-16(21-13-23-18)15-5-3-2-4-6-15/h2-6,11-14H,7-10H2,1H3,(H,20,22,24). The Morgan fingerprint density at radius 1 is 0.769 bits per heavy atom. The zero-order valence-corrected chi connectivity index (χ0v) is 14.7. The van der Waals surface area contributed by atoms with Crippen LogP contribution in [0.25, 0.3) is 11.3 Å². The highest BCUT2D eigenvalue weighted by molar-refractivity contribution is 5.62. The first-order chi connectivity index (χ1) is 12.8. The van der Waals surface area contributed by atoms with E-state index in [0.717, 1.165) is 54.9 Å². The topological polar surface area (TPSA) is 70.1 Å². The second-order valence-corrected chi connectivity index (χ2v) is 6.11. The summed E-state index contributed by atoms with van der Waals surface area (Å²) in [7, 11) is 1.86. The highest BCUT2D eigenvalue weighted by atomic mass is 15.3. The van der Waals surface area contributed by atoms with E-state index in [2.05, 4.69) is 53.3 Å². The fourth-order valence-corrected chi connectivity index (χ4v) is 3.11. The van der Waals surface area contributed by atoms with Crippen LogP contribution in [0.1, 0.15) is 0 Å². The zero-order valence-electron chi connectivity index (χ0n) is 14.7. The molecule has 1 fully saturated rings. The molecule has 1 saturated heterocycles. The minimum atomic E-state index is 0.834. The summed E-state index contributed by atoms with van der Waals surface area (Å²) in [5.41, 5.74) is 2.06. The smallest absolute Gasteiger partial charge is 0.134 e. The quantitative estimate of drug-likeness (QED) is 0.776. The Kier molecular flexibility index (Phi) is 4.59. The molecule has 1 aliphatic heterocycles. The number of nitrogens with one attached hydrogen (secondary N) is 1. The third kappa shape index (κ3) is 3.42. The van der Waals surface area contributed by atoms with Crippen LogP contribution in [-0.4, -0.2) is 53.2 Å². The van der Waals surface area contributed by atoms with E-state index in [9.17, 15) is 0 Å². The van der Waals surface area contributed by atoms with E-state index in [4.69, 9.17) is 0 Å². The van der Waals surface area contributed by atoms with Gasteiger partial charge in [-0.05, 0) is 0 Å². The predicted octanol–water partition coefficient (Wildman–Crippen LogP) is 2.30. The number of hydrogen-bond acceptors (Lipinski definition) is 7. The second-order valence-electron chi connectivity index (χ2n) is 6.11. The highest BCUT2D eigenvalue weighted by Crippen LogP contribution is 2.22. The molecule has 7 heteroatoms. The van der Waals surface area contributed by atoms with E-state index in [1.807, 2.05) is 31.3 Å². The first kappa shape index (κ1) is 16.3. The predicted molar refractivity (Wildman–Crippen MR) is 103 cm³/mol. The lowest BCUT2D eigenvalue weighted by molar-refractivity contribution is 0.640. The first-order valence-electron chi connectivity index (χ1n) is 8.70. The van der Waals surface area contributed by atoms with Crippen molar-refractivity contribution in [3.63, 3.8) is 0 Å². The van der Waals surface area contributed by atoms with E-state index < -0.39 is 0 Å². The Labute approximate surface area is 152 Å². The number of nitrogens with zero attached hydrogens (tertiary/aromatic N) is 6. The molecule has 0 unspecified atom stereocenters. The molecule has 1 aliphatic rings. The summed E-state index contributed by atoms with van der Waals surface area (Å²) in [4.78, 5) is 22.0. The van der Waals surface area contributed by atoms with Crippen molar-refractivity contribution < 1.29 is 0 Å². The number of anilines is 3. The van der Waals surface area contributed by atoms with Crippen molar-refractivity contribution in [2.24, 2.45) is 0 Å². The first-order valence-corrected chi connectivity index (χ1v) is 8.70. The minimum Gasteiger partial charge on any atom is -0.373 e. The molecule has 1 N–H and O–H groups in total. The van der Waals surface area contributed by atoms with Gasteiger partial charge in [0.25, 0.3) is 0 Å². The maximum Gasteiger partial charge on any atom is 0.134 e. The molecule has 0 atom stereocenters. The second kappa shape index (κ2) is 7.35. The summed E-state index contributed by atoms with van der Waals surface area (Å²) in [6, 6.07) is 14.2. The van der Waals surface area contributed by atoms with E-state index in [1.54, 1.807) is 12.7 Å². The zero-order chi connectivity index (χ0) is 17.8. The van der Waals surface area contributed by atoms with Crippen LogP contribution in [0.5, 0.6) is 0 Å². The summed E-state index contributed by atoms with van der Waals surface area (Å²) in [5, 5.41) is 3.06. The van der Waals surface area contributed by atoms with Gasteiger partial charge in [0.05, 0.1) is 5.69 Å². The van der Waals surface area contributed by atoms with E-state index >= 15 is 0 Å². The molecule has 4 rings (SSSR count). The largest absolute Gasteiger partial charge is 0.373 e. The molecule has 0 aliphatic carbocycles. The Balaban J connectivity index is 1.46. The molecular weight excluding hydrogens is 326 g/mol. The molecule has 1 aromatic carbocycles. The van der Waals surface area contributed by atoms with Gasteiger partial charge in [0, 0.05) is 50.9 Å². The van der Waals surface area contributed by atoms with Crippen molar-refractivity contribution in [1.29, 1.82) is 0 Å². The van der Waals surface area contributed by atoms with Gasteiger partial charge < -0.3 is 15.1 Å². The SMILES string of the molecule is CNc1cc(N2CCN(c3cc(-c4ccccc4)ncn3)CC2)ncn1. The molecule has 0 saturated carbocycles. The van der Waals surface area contributed by atoms with Gasteiger partial charge in [-0.1, -0.05) is 30.3 Å². The van der Waals surface area contributed by atoms with Gasteiger partial charge in [0.2, 0.25) is 0 Å². The van der Waals surface area contributed by atoms with Crippen molar-refractivity contribution in [1.82, 2.24) is 19.9 Å². The van der Waals surface area contributed by atoms with E-state index in [0.29, 0.717) is 0 Å². The van der Waals surface area contributed by atoms with Crippen LogP contribution in [-0.2, 0) is 0 Å². The maximum absolute atomic E-state index is 4.47. The Bertz CT molecular complexity index is 861. The summed E-state index contributed by atoms with van der Waals surface area (Å²) in [6.07, 6.45) is 3.25. The van der Waals surface area contributed by atoms with Crippen molar-refractivity contribution in [2.75, 3.05) is 48.3 Å². The average molecular weight is 347 g/mol. The fraction of sp³-hybridized carbons (Fsp3) is 0.263. The number of rotatable bonds is 4. The third-order valence-corrected chi connectivity index (χ3v) is 4.56. The summed E-state index contributed by atoms with van der Waals surface area (Å²) in [6.45, 7) is 3.57. The molecule has 3 heterocycles. The van der Waals surface area contributed by atoms with Gasteiger partial charge in [-0.25, -0.2) is 19.9 Å². The van der Waals surface area contributed by atoms with Crippen LogP contribution in [0.3, 0.4) is 0 Å². The van der Waals surface area contributed by atoms with Gasteiger partial charge in [-0.3, -0.25) is 0 Å². The van der Waals surface area contributed by atoms with Crippen LogP contribution < -0.4 is 15.1 Å². The van der Waals surface area contributed by atoms with Gasteiger partial charge in [-0.2, -0.15) is 0 Å². The molecule has 0 radical (unpaired) electrons. The average Bonchev–Trinajstić information content (AvgIpc) is 2.75. The molecule has 0 spiro atoms. The molecule has 7 nitrogen and oxygen atoms in total. The van der Waals surface area contributed by atoms with Crippen LogP contribution in [0, 0.1) is 0 Å². The van der Waals surface area contributed by atoms with Crippen molar-refractivity contribution in [3.05, 3.63) is 55.1 Å². The fourth-order valence-electron chi connectivity index (χ4n) is 3.11. The Morgan fingerprint density at radius 3 is 2.04 bits per heavy atom. The molecule has 2 aromatic heterocycles. The van der Waals surface area contributed by atoms with Crippen LogP contribution in [0.4, 0.5) is 17.5 Å². The van der Waals surface area contributed by atoms with Gasteiger partial charge >= 0.3 is 0 Å². The number of hydrogen-bond donors (Lipinski definition) is 1. The maximum atomic E-state index is 4.47. The van der Waals surface area contributed by atoms with Crippen molar-refractivity contribution >= 4 is 17.5 Å². The number of benzene rings is 1. The van der Waals surface area contributed by atoms with Crippen LogP contribution >= 0.6 is 0 Å². The molecule has 0 bridgehead atoms. The normalized spacial score (nSPS) is 14.3. The molecule has 0 amide bonds. The van der Waals surface area contributed by atoms with Gasteiger partial charge in [0.1, 0.15) is 30.1 Å².